The molecule has 12 atom stereocenters. The van der Waals surface area contributed by atoms with Crippen molar-refractivity contribution in [2.75, 3.05) is 151 Å². The number of likely N-dealkylation sites (tertiary alicyclic amines) is 1. The van der Waals surface area contributed by atoms with Crippen LogP contribution in [0, 0.1) is 0 Å². The summed E-state index contributed by atoms with van der Waals surface area (Å²) in [6, 6.07) is 14.7. The molecule has 6 unspecified atom stereocenters. The maximum absolute atomic E-state index is 3.52. The van der Waals surface area contributed by atoms with Crippen LogP contribution in [-0.4, -0.2) is 327 Å². The quantitative estimate of drug-likeness (QED) is 0.113. The molecular weight excluding hydrogens is 1160 g/mol. The molecule has 10 fully saturated rings. The summed E-state index contributed by atoms with van der Waals surface area (Å²) in [5.74, 6) is 0. The van der Waals surface area contributed by atoms with Crippen LogP contribution in [0.15, 0.2) is 0 Å². The lowest BCUT2D eigenvalue weighted by Gasteiger charge is -2.45. The second-order valence-corrected chi connectivity index (χ2v) is 33.5. The van der Waals surface area contributed by atoms with Crippen LogP contribution in [0.1, 0.15) is 214 Å². The molecule has 0 radical (unpaired) electrons. The van der Waals surface area contributed by atoms with Gasteiger partial charge in [-0.2, -0.15) is 0 Å². The Morgan fingerprint density at radius 3 is 1.09 bits per heavy atom. The molecule has 0 aromatic heterocycles. The number of hydrogen-bond donors (Lipinski definition) is 9. The first kappa shape index (κ1) is 89.4. The van der Waals surface area contributed by atoms with Crippen molar-refractivity contribution >= 4 is 0 Å². The SMILES string of the molecule is CC(C)N1CC2CC1CN2.CC(C)N1CCNCC1.CC(C)N1CCNCC1(C)C.CC(C)N1CCNC[C@@H]1C.CC(C)N1CCN[C@H](C)C1.CC(C)N1C[C@@H](C)NC[C@@H]1C.CC(C)N1C[C@H](C)NC[C@@H]1C.CC1CN(C(C)C)CC(C)N1.CC1NCCN(C(C)C)C1C. The van der Waals surface area contributed by atoms with Gasteiger partial charge in [0.1, 0.15) is 0 Å². The van der Waals surface area contributed by atoms with Crippen LogP contribution in [0.4, 0.5) is 0 Å². The summed E-state index contributed by atoms with van der Waals surface area (Å²) in [6.07, 6.45) is 1.39. The van der Waals surface area contributed by atoms with Crippen LogP contribution in [0.25, 0.3) is 0 Å². The van der Waals surface area contributed by atoms with E-state index < -0.39 is 0 Å². The molecule has 9 N–H and O–H groups in total. The maximum atomic E-state index is 3.52. The number of fused-ring (bicyclic) bond motifs is 2. The number of rotatable bonds is 9. The van der Waals surface area contributed by atoms with Gasteiger partial charge in [0, 0.05) is 283 Å². The van der Waals surface area contributed by atoms with Crippen LogP contribution < -0.4 is 47.9 Å². The molecule has 18 nitrogen and oxygen atoms in total. The molecule has 2 bridgehead atoms. The highest BCUT2D eigenvalue weighted by molar-refractivity contribution is 4.98. The molecular formula is C76H168N18. The van der Waals surface area contributed by atoms with Gasteiger partial charge < -0.3 is 47.9 Å². The highest BCUT2D eigenvalue weighted by atomic mass is 15.3. The summed E-state index contributed by atoms with van der Waals surface area (Å²) in [4.78, 5) is 22.9. The first-order chi connectivity index (χ1) is 44.0. The van der Waals surface area contributed by atoms with Crippen LogP contribution in [0.5, 0.6) is 0 Å². The molecule has 0 spiro atoms. The van der Waals surface area contributed by atoms with Gasteiger partial charge in [0.25, 0.3) is 0 Å². The molecule has 0 amide bonds. The fourth-order valence-corrected chi connectivity index (χ4v) is 15.6. The van der Waals surface area contributed by atoms with Gasteiger partial charge >= 0.3 is 0 Å². The third-order valence-corrected chi connectivity index (χ3v) is 21.5. The van der Waals surface area contributed by atoms with Crippen molar-refractivity contribution in [3.8, 4) is 0 Å². The molecule has 0 aromatic rings. The average Bonchev–Trinajstić information content (AvgIpc) is 1.60. The van der Waals surface area contributed by atoms with Crippen molar-refractivity contribution in [1.29, 1.82) is 0 Å². The van der Waals surface area contributed by atoms with E-state index in [0.717, 1.165) is 89.6 Å². The van der Waals surface area contributed by atoms with Crippen molar-refractivity contribution in [2.24, 2.45) is 0 Å². The van der Waals surface area contributed by atoms with Crippen LogP contribution in [0.3, 0.4) is 0 Å². The fourth-order valence-electron chi connectivity index (χ4n) is 15.6. The predicted octanol–water partition coefficient (Wildman–Crippen LogP) is 7.50. The highest BCUT2D eigenvalue weighted by Crippen LogP contribution is 2.25. The largest absolute Gasteiger partial charge is 0.314 e. The van der Waals surface area contributed by atoms with E-state index >= 15 is 0 Å². The summed E-state index contributed by atoms with van der Waals surface area (Å²) in [5, 5.41) is 31.0. The van der Waals surface area contributed by atoms with Crippen LogP contribution >= 0.6 is 0 Å². The molecule has 10 rings (SSSR count). The lowest BCUT2D eigenvalue weighted by atomic mass is 9.98. The summed E-state index contributed by atoms with van der Waals surface area (Å²) < 4.78 is 0. The van der Waals surface area contributed by atoms with E-state index in [2.05, 4.69) is 300 Å². The lowest BCUT2D eigenvalue weighted by molar-refractivity contribution is 0.0595. The van der Waals surface area contributed by atoms with Crippen LogP contribution in [-0.2, 0) is 0 Å². The van der Waals surface area contributed by atoms with E-state index in [-0.39, 0.29) is 0 Å². The molecule has 0 aromatic carbocycles. The van der Waals surface area contributed by atoms with E-state index in [4.69, 9.17) is 0 Å². The Labute approximate surface area is 586 Å². The molecule has 10 saturated heterocycles. The zero-order valence-electron chi connectivity index (χ0n) is 68.1. The van der Waals surface area contributed by atoms with Gasteiger partial charge in [-0.25, -0.2) is 0 Å². The minimum Gasteiger partial charge on any atom is -0.314 e. The van der Waals surface area contributed by atoms with Crippen molar-refractivity contribution in [1.82, 2.24) is 92.0 Å². The second kappa shape index (κ2) is 46.7. The van der Waals surface area contributed by atoms with Gasteiger partial charge in [-0.15, -0.1) is 0 Å². The van der Waals surface area contributed by atoms with E-state index in [1.807, 2.05) is 0 Å². The smallest absolute Gasteiger partial charge is 0.0280 e. The number of hydrogen-bond acceptors (Lipinski definition) is 18. The Bertz CT molecular complexity index is 1790. The van der Waals surface area contributed by atoms with Crippen molar-refractivity contribution in [2.45, 2.75) is 347 Å². The Morgan fingerprint density at radius 2 is 0.745 bits per heavy atom. The minimum absolute atomic E-state index is 0.340. The first-order valence-electron chi connectivity index (χ1n) is 39.3. The Balaban J connectivity index is 0.000000360. The molecule has 10 aliphatic rings. The van der Waals surface area contributed by atoms with Gasteiger partial charge in [0.2, 0.25) is 0 Å². The van der Waals surface area contributed by atoms with Crippen molar-refractivity contribution < 1.29 is 0 Å². The normalized spacial score (nSPS) is 31.9. The zero-order valence-corrected chi connectivity index (χ0v) is 68.1. The first-order valence-corrected chi connectivity index (χ1v) is 39.3. The summed E-state index contributed by atoms with van der Waals surface area (Å²) in [5.41, 5.74) is 0.340. The minimum atomic E-state index is 0.340. The van der Waals surface area contributed by atoms with Crippen molar-refractivity contribution in [3.63, 3.8) is 0 Å². The Hall–Kier alpha value is -0.720. The van der Waals surface area contributed by atoms with E-state index in [0.29, 0.717) is 108 Å². The molecule has 562 valence electrons. The molecule has 94 heavy (non-hydrogen) atoms. The standard InChI is InChI=1S/5C9H20N2.C8H16N2.2C8H18N2.C7H16N2/c2*1-7(2)11-6-8(3)10-5-9(11)4;1-7(2)11-5-8(3)10-9(4)6-11;1-8(2)11-6-5-10-7-9(11,3)4;1-7(2)11-6-5-10-8(3)9(11)4;1-6(2)10-5-7-3-8(10)4-9-7;1-7(2)10-5-4-9-8(3)6-10;1-7(2)10-5-4-9-6-8(10)3;1-7(2)9-5-3-8-4-6-9/h3*7-10H,5-6H2,1-4H3;8,10H,5-7H2,1-4H3;7-10H,5-6H2,1-4H3;6-9H,3-5H2,1-2H3;2*7-9H,4-6H2,1-3H3;7-8H,3-6H2,1-2H3/t8-,9+;8-,9-;;;;;2*8-;/m10....10./s1. The van der Waals surface area contributed by atoms with Gasteiger partial charge in [0.15, 0.2) is 0 Å². The Morgan fingerprint density at radius 1 is 0.319 bits per heavy atom. The maximum Gasteiger partial charge on any atom is 0.0280 e. The number of piperazine rings is 9. The van der Waals surface area contributed by atoms with Gasteiger partial charge in [0.05, 0.1) is 0 Å². The molecule has 10 heterocycles. The summed E-state index contributed by atoms with van der Waals surface area (Å²) in [6.45, 7) is 95.4. The zero-order chi connectivity index (χ0) is 71.2. The monoisotopic (exact) mass is 1330 g/mol. The predicted molar refractivity (Wildman–Crippen MR) is 414 cm³/mol. The third-order valence-electron chi connectivity index (χ3n) is 21.5. The van der Waals surface area contributed by atoms with E-state index in [9.17, 15) is 0 Å². The lowest BCUT2D eigenvalue weighted by Crippen LogP contribution is -2.59. The van der Waals surface area contributed by atoms with E-state index in [1.54, 1.807) is 0 Å². The third kappa shape index (κ3) is 34.3. The number of nitrogens with zero attached hydrogens (tertiary/aromatic N) is 9. The summed E-state index contributed by atoms with van der Waals surface area (Å²) in [7, 11) is 0. The molecule has 0 aliphatic carbocycles. The molecule has 18 heteroatoms. The van der Waals surface area contributed by atoms with E-state index in [1.165, 1.54) is 91.5 Å². The second-order valence-electron chi connectivity index (χ2n) is 33.5. The average molecular weight is 1330 g/mol. The number of nitrogens with one attached hydrogen (secondary N) is 9. The van der Waals surface area contributed by atoms with Gasteiger partial charge in [-0.3, -0.25) is 44.1 Å². The molecule has 10 aliphatic heterocycles. The van der Waals surface area contributed by atoms with Gasteiger partial charge in [-0.1, -0.05) is 0 Å². The molecule has 0 saturated carbocycles. The fraction of sp³-hybridized carbons (Fsp3) is 1.00. The topological polar surface area (TPSA) is 137 Å². The Kier molecular flexibility index (Phi) is 44.4. The van der Waals surface area contributed by atoms with Gasteiger partial charge in [-0.05, 0) is 214 Å². The summed E-state index contributed by atoms with van der Waals surface area (Å²) >= 11 is 0. The van der Waals surface area contributed by atoms with Crippen molar-refractivity contribution in [3.05, 3.63) is 0 Å². The van der Waals surface area contributed by atoms with Crippen LogP contribution in [0.2, 0.25) is 0 Å². The highest BCUT2D eigenvalue weighted by Gasteiger charge is 2.38.